The van der Waals surface area contributed by atoms with E-state index in [-0.39, 0.29) is 0 Å². The molecule has 0 aliphatic carbocycles. The maximum atomic E-state index is 5.64. The summed E-state index contributed by atoms with van der Waals surface area (Å²) in [5.74, 6) is 0. The first-order valence-corrected chi connectivity index (χ1v) is 6.77. The van der Waals surface area contributed by atoms with Crippen molar-refractivity contribution in [3.63, 3.8) is 0 Å². The van der Waals surface area contributed by atoms with Crippen LogP contribution in [-0.2, 0) is 13.5 Å². The van der Waals surface area contributed by atoms with Crippen LogP contribution < -0.4 is 5.73 Å². The average Bonchev–Trinajstić information content (AvgIpc) is 2.73. The highest BCUT2D eigenvalue weighted by Gasteiger charge is 2.15. The highest BCUT2D eigenvalue weighted by atomic mass is 79.9. The second-order valence-electron chi connectivity index (χ2n) is 3.70. The lowest BCUT2D eigenvalue weighted by Gasteiger charge is -2.03. The van der Waals surface area contributed by atoms with Crippen molar-refractivity contribution in [3.05, 3.63) is 27.3 Å². The minimum atomic E-state index is 0.651. The summed E-state index contributed by atoms with van der Waals surface area (Å²) in [5.41, 5.74) is 9.17. The largest absolute Gasteiger partial charge is 0.330 e. The Morgan fingerprint density at radius 3 is 2.88 bits per heavy atom. The maximum Gasteiger partial charge on any atom is 0.0683 e. The SMILES string of the molecule is Cc1nn(C)c(CCN)c1-c1cc(Br)cs1. The summed E-state index contributed by atoms with van der Waals surface area (Å²) in [6.45, 7) is 2.70. The molecule has 0 spiro atoms. The summed E-state index contributed by atoms with van der Waals surface area (Å²) in [7, 11) is 1.98. The first kappa shape index (κ1) is 11.8. The first-order chi connectivity index (χ1) is 7.63. The van der Waals surface area contributed by atoms with E-state index in [1.165, 1.54) is 16.1 Å². The van der Waals surface area contributed by atoms with E-state index in [0.29, 0.717) is 6.54 Å². The van der Waals surface area contributed by atoms with Gasteiger partial charge in [-0.1, -0.05) is 0 Å². The number of rotatable bonds is 3. The monoisotopic (exact) mass is 299 g/mol. The topological polar surface area (TPSA) is 43.8 Å². The standard InChI is InChI=1S/C11H14BrN3S/c1-7-11(10-5-8(12)6-16-10)9(3-4-13)15(2)14-7/h5-6H,3-4,13H2,1-2H3. The van der Waals surface area contributed by atoms with E-state index in [2.05, 4.69) is 32.5 Å². The molecule has 2 heterocycles. The molecule has 2 rings (SSSR count). The summed E-state index contributed by atoms with van der Waals surface area (Å²) < 4.78 is 3.06. The zero-order valence-corrected chi connectivity index (χ0v) is 11.7. The molecule has 0 aromatic carbocycles. The Bertz CT molecular complexity index is 501. The Morgan fingerprint density at radius 1 is 1.56 bits per heavy atom. The van der Waals surface area contributed by atoms with Gasteiger partial charge in [-0.3, -0.25) is 4.68 Å². The van der Waals surface area contributed by atoms with Crippen LogP contribution in [0.4, 0.5) is 0 Å². The number of hydrogen-bond donors (Lipinski definition) is 1. The molecule has 16 heavy (non-hydrogen) atoms. The van der Waals surface area contributed by atoms with Gasteiger partial charge in [0.25, 0.3) is 0 Å². The van der Waals surface area contributed by atoms with Crippen LogP contribution >= 0.6 is 27.3 Å². The molecule has 2 N–H and O–H groups in total. The maximum absolute atomic E-state index is 5.64. The molecule has 0 fully saturated rings. The number of aryl methyl sites for hydroxylation is 2. The predicted octanol–water partition coefficient (Wildman–Crippen LogP) is 2.72. The van der Waals surface area contributed by atoms with Crippen LogP contribution in [0.15, 0.2) is 15.9 Å². The predicted molar refractivity (Wildman–Crippen MR) is 71.7 cm³/mol. The Labute approximate surface area is 107 Å². The van der Waals surface area contributed by atoms with E-state index in [1.807, 2.05) is 18.7 Å². The lowest BCUT2D eigenvalue weighted by atomic mass is 10.1. The minimum Gasteiger partial charge on any atom is -0.330 e. The van der Waals surface area contributed by atoms with Crippen LogP contribution in [0.1, 0.15) is 11.4 Å². The summed E-state index contributed by atoms with van der Waals surface area (Å²) in [6.07, 6.45) is 0.863. The van der Waals surface area contributed by atoms with E-state index in [4.69, 9.17) is 5.73 Å². The molecule has 2 aromatic rings. The van der Waals surface area contributed by atoms with Gasteiger partial charge in [-0.05, 0) is 35.5 Å². The Hall–Kier alpha value is -0.650. The fourth-order valence-corrected chi connectivity index (χ4v) is 3.44. The molecule has 5 heteroatoms. The van der Waals surface area contributed by atoms with Crippen molar-refractivity contribution in [2.75, 3.05) is 6.54 Å². The van der Waals surface area contributed by atoms with Crippen LogP contribution in [-0.4, -0.2) is 16.3 Å². The number of aromatic nitrogens is 2. The summed E-state index contributed by atoms with van der Waals surface area (Å²) >= 11 is 5.21. The molecule has 0 aliphatic rings. The fraction of sp³-hybridized carbons (Fsp3) is 0.364. The number of thiophene rings is 1. The summed E-state index contributed by atoms with van der Waals surface area (Å²) in [4.78, 5) is 1.25. The number of hydrogen-bond acceptors (Lipinski definition) is 3. The van der Waals surface area contributed by atoms with Gasteiger partial charge in [-0.2, -0.15) is 5.10 Å². The average molecular weight is 300 g/mol. The second kappa shape index (κ2) is 4.69. The van der Waals surface area contributed by atoms with Gasteiger partial charge in [-0.15, -0.1) is 11.3 Å². The smallest absolute Gasteiger partial charge is 0.0683 e. The number of halogens is 1. The molecular formula is C11H14BrN3S. The number of nitrogens with two attached hydrogens (primary N) is 1. The van der Waals surface area contributed by atoms with Gasteiger partial charge in [0.2, 0.25) is 0 Å². The normalized spacial score (nSPS) is 11.0. The lowest BCUT2D eigenvalue weighted by Crippen LogP contribution is -2.08. The van der Waals surface area contributed by atoms with Gasteiger partial charge in [0, 0.05) is 39.5 Å². The van der Waals surface area contributed by atoms with Crippen molar-refractivity contribution in [2.24, 2.45) is 12.8 Å². The third-order valence-electron chi connectivity index (χ3n) is 2.54. The highest BCUT2D eigenvalue weighted by molar-refractivity contribution is 9.10. The molecule has 0 aliphatic heterocycles. The molecule has 0 amide bonds. The van der Waals surface area contributed by atoms with Crippen molar-refractivity contribution in [3.8, 4) is 10.4 Å². The van der Waals surface area contributed by atoms with Gasteiger partial charge in [0.15, 0.2) is 0 Å². The fourth-order valence-electron chi connectivity index (χ4n) is 1.89. The van der Waals surface area contributed by atoms with Crippen molar-refractivity contribution in [1.29, 1.82) is 0 Å². The van der Waals surface area contributed by atoms with Crippen LogP contribution in [0.5, 0.6) is 0 Å². The van der Waals surface area contributed by atoms with Gasteiger partial charge >= 0.3 is 0 Å². The van der Waals surface area contributed by atoms with Gasteiger partial charge in [-0.25, -0.2) is 0 Å². The molecule has 0 bridgehead atoms. The van der Waals surface area contributed by atoms with E-state index in [9.17, 15) is 0 Å². The molecule has 0 saturated carbocycles. The number of nitrogens with zero attached hydrogens (tertiary/aromatic N) is 2. The van der Waals surface area contributed by atoms with Crippen molar-refractivity contribution in [1.82, 2.24) is 9.78 Å². The summed E-state index contributed by atoms with van der Waals surface area (Å²) in [6, 6.07) is 2.13. The van der Waals surface area contributed by atoms with Crippen LogP contribution in [0.25, 0.3) is 10.4 Å². The molecule has 2 aromatic heterocycles. The van der Waals surface area contributed by atoms with Crippen LogP contribution in [0.2, 0.25) is 0 Å². The van der Waals surface area contributed by atoms with E-state index >= 15 is 0 Å². The molecule has 0 unspecified atom stereocenters. The lowest BCUT2D eigenvalue weighted by molar-refractivity contribution is 0.701. The third-order valence-corrected chi connectivity index (χ3v) is 4.24. The quantitative estimate of drug-likeness (QED) is 0.947. The highest BCUT2D eigenvalue weighted by Crippen LogP contribution is 2.34. The van der Waals surface area contributed by atoms with E-state index in [0.717, 1.165) is 16.6 Å². The van der Waals surface area contributed by atoms with E-state index in [1.54, 1.807) is 11.3 Å². The van der Waals surface area contributed by atoms with Crippen LogP contribution in [0.3, 0.4) is 0 Å². The first-order valence-electron chi connectivity index (χ1n) is 5.10. The van der Waals surface area contributed by atoms with Crippen molar-refractivity contribution in [2.45, 2.75) is 13.3 Å². The van der Waals surface area contributed by atoms with Crippen molar-refractivity contribution < 1.29 is 0 Å². The van der Waals surface area contributed by atoms with Gasteiger partial charge in [0.05, 0.1) is 5.69 Å². The van der Waals surface area contributed by atoms with Crippen molar-refractivity contribution >= 4 is 27.3 Å². The Morgan fingerprint density at radius 2 is 2.31 bits per heavy atom. The summed E-state index contributed by atoms with van der Waals surface area (Å²) in [5, 5.41) is 6.56. The molecule has 3 nitrogen and oxygen atoms in total. The Balaban J connectivity index is 2.54. The third kappa shape index (κ3) is 2.07. The molecule has 0 radical (unpaired) electrons. The Kier molecular flexibility index (Phi) is 3.47. The zero-order valence-electron chi connectivity index (χ0n) is 9.33. The van der Waals surface area contributed by atoms with Gasteiger partial charge < -0.3 is 5.73 Å². The van der Waals surface area contributed by atoms with Crippen LogP contribution in [0, 0.1) is 6.92 Å². The minimum absolute atomic E-state index is 0.651. The molecule has 0 atom stereocenters. The zero-order chi connectivity index (χ0) is 11.7. The molecule has 86 valence electrons. The van der Waals surface area contributed by atoms with Gasteiger partial charge in [0.1, 0.15) is 0 Å². The molecule has 0 saturated heterocycles. The molecular weight excluding hydrogens is 286 g/mol. The van der Waals surface area contributed by atoms with E-state index < -0.39 is 0 Å². The second-order valence-corrected chi connectivity index (χ2v) is 5.53.